The van der Waals surface area contributed by atoms with Gasteiger partial charge in [-0.1, -0.05) is 0 Å². The summed E-state index contributed by atoms with van der Waals surface area (Å²) in [7, 11) is -21.9. The van der Waals surface area contributed by atoms with Crippen molar-refractivity contribution in [2.24, 2.45) is 0 Å². The molecule has 0 aliphatic heterocycles. The summed E-state index contributed by atoms with van der Waals surface area (Å²) >= 11 is 0. The molecule has 0 atom stereocenters. The van der Waals surface area contributed by atoms with Crippen molar-refractivity contribution < 1.29 is 284 Å². The molecule has 0 aromatic rings. The van der Waals surface area contributed by atoms with E-state index in [2.05, 4.69) is 0 Å². The Morgan fingerprint density at radius 1 is 0.235 bits per heavy atom. The summed E-state index contributed by atoms with van der Waals surface area (Å²) in [5, 5.41) is 0. The predicted molar refractivity (Wildman–Crippen MR) is 82.8 cm³/mol. The third-order valence-electron chi connectivity index (χ3n) is 0. The fourth-order valence-corrected chi connectivity index (χ4v) is 0. The van der Waals surface area contributed by atoms with E-state index in [0.717, 1.165) is 0 Å². The maximum Gasteiger partial charge on any atom is 1.00 e. The summed E-state index contributed by atoms with van der Waals surface area (Å²) < 4.78 is 61.2. The fourth-order valence-electron chi connectivity index (χ4n) is 0. The van der Waals surface area contributed by atoms with E-state index in [0.29, 0.717) is 0 Å². The molecule has 0 fully saturated rings. The van der Waals surface area contributed by atoms with Crippen molar-refractivity contribution in [3.8, 4) is 0 Å². The maximum absolute atomic E-state index is 8.74. The van der Waals surface area contributed by atoms with Gasteiger partial charge in [-0.15, -0.1) is 0 Å². The molecule has 0 radical (unpaired) electrons. The van der Waals surface area contributed by atoms with Crippen LogP contribution in [0.2, 0.25) is 0 Å². The predicted octanol–water partition coefficient (Wildman–Crippen LogP) is -28.6. The Kier molecular flexibility index (Phi) is 188. The van der Waals surface area contributed by atoms with Crippen LogP contribution in [-0.2, 0) is 31.2 Å². The van der Waals surface area contributed by atoms with Gasteiger partial charge >= 0.3 is 242 Å². The molecule has 34 heteroatoms. The number of rotatable bonds is 0. The zero-order valence-corrected chi connectivity index (χ0v) is 37.6. The zero-order valence-electron chi connectivity index (χ0n) is 24.6. The molecule has 0 amide bonds. The first kappa shape index (κ1) is 83.2. The Morgan fingerprint density at radius 2 is 0.235 bits per heavy atom. The van der Waals surface area contributed by atoms with Gasteiger partial charge in [-0.05, 0) is 0 Å². The Labute approximate surface area is 342 Å². The van der Waals surface area contributed by atoms with Crippen molar-refractivity contribution in [1.29, 1.82) is 0 Å². The first-order valence-electron chi connectivity index (χ1n) is 4.56. The molecular weight excluding hydrogens is 671 g/mol. The van der Waals surface area contributed by atoms with E-state index >= 15 is 0 Å². The van der Waals surface area contributed by atoms with Crippen LogP contribution in [0, 0.1) is 0 Å². The van der Waals surface area contributed by atoms with Gasteiger partial charge in [0.1, 0.15) is 0 Å². The normalized spacial score (nSPS) is 4.94. The molecule has 34 heavy (non-hydrogen) atoms. The van der Waals surface area contributed by atoms with E-state index in [1.165, 1.54) is 0 Å². The molecule has 0 spiro atoms. The van der Waals surface area contributed by atoms with Crippen LogP contribution >= 0.6 is 0 Å². The van der Waals surface area contributed by atoms with E-state index in [-0.39, 0.29) is 186 Å². The Hall–Kier alpha value is 3.32. The van der Waals surface area contributed by atoms with Crippen LogP contribution in [-0.4, -0.2) is 131 Å². The van der Waals surface area contributed by atoms with Gasteiger partial charge < -0.3 is 75.7 Å². The smallest absolute Gasteiger partial charge is 1.00 e. The topological polar surface area (TPSA) is 403 Å². The molecule has 14 N–H and O–H groups in total. The molecule has 180 valence electrons. The molecule has 21 nitrogen and oxygen atoms in total. The van der Waals surface area contributed by atoms with Crippen LogP contribution < -0.4 is 177 Å². The third-order valence-corrected chi connectivity index (χ3v) is 0. The molecule has 0 aliphatic carbocycles. The molecule has 0 heterocycles. The van der Waals surface area contributed by atoms with Crippen LogP contribution in [0.1, 0.15) is 8.56 Å². The van der Waals surface area contributed by atoms with E-state index in [1.807, 2.05) is 0 Å². The summed E-state index contributed by atoms with van der Waals surface area (Å²) in [6.45, 7) is 0. The first-order valence-corrected chi connectivity index (χ1v) is 13.7. The maximum atomic E-state index is 8.74. The molecule has 0 saturated heterocycles. The molecule has 0 rings (SSSR count). The zero-order chi connectivity index (χ0) is 25.0. The van der Waals surface area contributed by atoms with Crippen molar-refractivity contribution in [3.05, 3.63) is 0 Å². The van der Waals surface area contributed by atoms with Crippen LogP contribution in [0.3, 0.4) is 0 Å². The van der Waals surface area contributed by atoms with Crippen molar-refractivity contribution in [2.45, 2.75) is 0 Å². The van der Waals surface area contributed by atoms with E-state index in [4.69, 9.17) is 98.4 Å². The van der Waals surface area contributed by atoms with Crippen molar-refractivity contribution in [2.75, 3.05) is 0 Å². The van der Waals surface area contributed by atoms with Gasteiger partial charge in [0.05, 0.1) is 0 Å². The minimum Gasteiger partial charge on any atom is -1.00 e. The quantitative estimate of drug-likeness (QED) is 0.105. The van der Waals surface area contributed by atoms with E-state index in [9.17, 15) is 0 Å². The van der Waals surface area contributed by atoms with E-state index < -0.39 is 64.2 Å². The molecule has 0 aliphatic rings. The molecular formula is H20Na6O21Si7. The summed E-state index contributed by atoms with van der Waals surface area (Å²) in [5.41, 5.74) is 0. The second-order valence-corrected chi connectivity index (χ2v) is 5.93. The van der Waals surface area contributed by atoms with Gasteiger partial charge in [0.25, 0.3) is 0 Å². The molecule has 0 aromatic heterocycles. The van der Waals surface area contributed by atoms with E-state index in [1.54, 1.807) is 0 Å². The molecule has 0 unspecified atom stereocenters. The van der Waals surface area contributed by atoms with Crippen molar-refractivity contribution in [1.82, 2.24) is 0 Å². The monoisotopic (exact) mass is 690 g/mol. The van der Waals surface area contributed by atoms with Gasteiger partial charge in [-0.25, -0.2) is 0 Å². The van der Waals surface area contributed by atoms with Gasteiger partial charge in [0.15, 0.2) is 0 Å². The molecule has 0 saturated carbocycles. The molecule has 0 aromatic carbocycles. The SMILES string of the molecule is O=[Si](O)O.O=[Si](O)O.O=[Si](O)O.O=[Si](O)O.O=[Si](O)O.O=[Si](O)O.O=[Si](O)O.[H-].[H-].[H-].[H-].[H-].[H-].[Na+].[Na+].[Na+].[Na+].[Na+].[Na+]. The number of hydrogen-bond acceptors (Lipinski definition) is 7. The van der Waals surface area contributed by atoms with Gasteiger partial charge in [-0.2, -0.15) is 0 Å². The first-order chi connectivity index (χ1) is 12.1. The minimum absolute atomic E-state index is 0. The van der Waals surface area contributed by atoms with Crippen molar-refractivity contribution >= 4 is 64.2 Å². The third kappa shape index (κ3) is 3780. The summed E-state index contributed by atoms with van der Waals surface area (Å²) in [4.78, 5) is 100. The Bertz CT molecular complexity index is 349. The second kappa shape index (κ2) is 76.6. The summed E-state index contributed by atoms with van der Waals surface area (Å²) in [6, 6.07) is 0. The number of hydrogen-bond donors (Lipinski definition) is 14. The van der Waals surface area contributed by atoms with Gasteiger partial charge in [0.2, 0.25) is 0 Å². The van der Waals surface area contributed by atoms with Crippen molar-refractivity contribution in [3.63, 3.8) is 0 Å². The van der Waals surface area contributed by atoms with Gasteiger partial charge in [-0.3, -0.25) is 31.2 Å². The Balaban J connectivity index is -0.00000000721. The summed E-state index contributed by atoms with van der Waals surface area (Å²) in [6.07, 6.45) is 0. The Morgan fingerprint density at radius 3 is 0.235 bits per heavy atom. The largest absolute Gasteiger partial charge is 1.00 e. The standard InChI is InChI=1S/6Na.7H2O3Si.6H/c;;;;;;7*1-4(2)3;;;;;;/h;;;;;;7*1-2H;;;;;;/q6*+1;;;;;;;;6*-1. The van der Waals surface area contributed by atoms with Gasteiger partial charge in [0, 0.05) is 0 Å². The van der Waals surface area contributed by atoms with Crippen LogP contribution in [0.4, 0.5) is 0 Å². The fraction of sp³-hybridized carbons (Fsp3) is 0. The average Bonchev–Trinajstić information content (AvgIpc) is 2.20. The minimum atomic E-state index is -3.13. The molecule has 0 bridgehead atoms. The van der Waals surface area contributed by atoms with Crippen LogP contribution in [0.5, 0.6) is 0 Å². The average molecular weight is 691 g/mol. The second-order valence-electron chi connectivity index (χ2n) is 1.98. The van der Waals surface area contributed by atoms with Crippen LogP contribution in [0.15, 0.2) is 0 Å². The summed E-state index contributed by atoms with van der Waals surface area (Å²) in [5.74, 6) is 0. The van der Waals surface area contributed by atoms with Crippen LogP contribution in [0.25, 0.3) is 0 Å².